The van der Waals surface area contributed by atoms with Crippen molar-refractivity contribution in [2.24, 2.45) is 5.10 Å². The summed E-state index contributed by atoms with van der Waals surface area (Å²) < 4.78 is 19.6. The Balaban J connectivity index is 1.56. The molecule has 0 bridgehead atoms. The molecule has 0 fully saturated rings. The van der Waals surface area contributed by atoms with Gasteiger partial charge >= 0.3 is 0 Å². The quantitative estimate of drug-likeness (QED) is 0.286. The van der Waals surface area contributed by atoms with Gasteiger partial charge in [0.1, 0.15) is 29.8 Å². The van der Waals surface area contributed by atoms with Crippen LogP contribution in [0.25, 0.3) is 11.3 Å². The molecule has 0 saturated heterocycles. The van der Waals surface area contributed by atoms with Crippen LogP contribution in [0.2, 0.25) is 5.02 Å². The molecule has 0 saturated carbocycles. The molecule has 4 rings (SSSR count). The first kappa shape index (κ1) is 22.7. The molecule has 0 radical (unpaired) electrons. The summed E-state index contributed by atoms with van der Waals surface area (Å²) in [5.41, 5.74) is 4.03. The molecule has 0 aliphatic heterocycles. The minimum absolute atomic E-state index is 0.0414. The van der Waals surface area contributed by atoms with Gasteiger partial charge < -0.3 is 4.74 Å². The normalized spacial score (nSPS) is 10.7. The van der Waals surface area contributed by atoms with E-state index in [2.05, 4.69) is 20.5 Å². The number of hydrazone groups is 1. The third-order valence-electron chi connectivity index (χ3n) is 4.77. The van der Waals surface area contributed by atoms with Crippen LogP contribution in [0.15, 0.2) is 82.7 Å². The fraction of sp³-hybridized carbons (Fsp3) is 0.0400. The molecule has 7 nitrogen and oxygen atoms in total. The molecular weight excluding hydrogens is 457 g/mol. The van der Waals surface area contributed by atoms with Crippen LogP contribution < -0.4 is 15.7 Å². The van der Waals surface area contributed by atoms with Crippen LogP contribution in [-0.2, 0) is 6.61 Å². The maximum atomic E-state index is 13.8. The van der Waals surface area contributed by atoms with Gasteiger partial charge in [-0.25, -0.2) is 14.8 Å². The first-order chi connectivity index (χ1) is 16.5. The van der Waals surface area contributed by atoms with Crippen molar-refractivity contribution in [2.45, 2.75) is 6.61 Å². The predicted molar refractivity (Wildman–Crippen MR) is 128 cm³/mol. The Hall–Kier alpha value is -4.48. The first-order valence-corrected chi connectivity index (χ1v) is 10.5. The summed E-state index contributed by atoms with van der Waals surface area (Å²) in [7, 11) is 0. The Kier molecular flexibility index (Phi) is 6.96. The third kappa shape index (κ3) is 5.28. The second-order valence-corrected chi connectivity index (χ2v) is 7.46. The van der Waals surface area contributed by atoms with E-state index in [1.165, 1.54) is 24.4 Å². The molecule has 3 aromatic carbocycles. The van der Waals surface area contributed by atoms with Crippen LogP contribution >= 0.6 is 11.6 Å². The van der Waals surface area contributed by atoms with Gasteiger partial charge in [0.2, 0.25) is 5.95 Å². The van der Waals surface area contributed by atoms with E-state index in [4.69, 9.17) is 16.3 Å². The van der Waals surface area contributed by atoms with Crippen LogP contribution in [-0.4, -0.2) is 16.2 Å². The number of halogens is 2. The number of aromatic amines is 1. The summed E-state index contributed by atoms with van der Waals surface area (Å²) >= 11 is 6.16. The number of nitrogens with one attached hydrogen (secondary N) is 2. The monoisotopic (exact) mass is 473 g/mol. The van der Waals surface area contributed by atoms with Gasteiger partial charge in [-0.05, 0) is 18.2 Å². The molecule has 0 unspecified atom stereocenters. The van der Waals surface area contributed by atoms with Crippen molar-refractivity contribution in [3.8, 4) is 23.1 Å². The summed E-state index contributed by atoms with van der Waals surface area (Å²) in [4.78, 5) is 19.2. The Morgan fingerprint density at radius 2 is 1.91 bits per heavy atom. The van der Waals surface area contributed by atoms with Crippen molar-refractivity contribution >= 4 is 23.8 Å². The highest BCUT2D eigenvalue weighted by Crippen LogP contribution is 2.23. The number of nitriles is 1. The van der Waals surface area contributed by atoms with Crippen LogP contribution in [0.3, 0.4) is 0 Å². The molecule has 0 amide bonds. The summed E-state index contributed by atoms with van der Waals surface area (Å²) in [6.45, 7) is 0.141. The average molecular weight is 474 g/mol. The van der Waals surface area contributed by atoms with E-state index in [0.717, 1.165) is 5.56 Å². The zero-order valence-corrected chi connectivity index (χ0v) is 18.4. The number of nitrogens with zero attached hydrogens (tertiary/aromatic N) is 3. The summed E-state index contributed by atoms with van der Waals surface area (Å²) in [6, 6.07) is 22.0. The third-order valence-corrected chi connectivity index (χ3v) is 5.14. The lowest BCUT2D eigenvalue weighted by Crippen LogP contribution is -2.16. The lowest BCUT2D eigenvalue weighted by atomic mass is 10.1. The molecule has 2 N–H and O–H groups in total. The summed E-state index contributed by atoms with van der Waals surface area (Å²) in [6.07, 6.45) is 1.40. The van der Waals surface area contributed by atoms with E-state index in [9.17, 15) is 14.4 Å². The molecule has 34 heavy (non-hydrogen) atoms. The van der Waals surface area contributed by atoms with E-state index in [1.807, 2.05) is 30.3 Å². The highest BCUT2D eigenvalue weighted by molar-refractivity contribution is 6.31. The maximum absolute atomic E-state index is 13.8. The topological polar surface area (TPSA) is 103 Å². The van der Waals surface area contributed by atoms with Crippen molar-refractivity contribution in [2.75, 3.05) is 5.43 Å². The predicted octanol–water partition coefficient (Wildman–Crippen LogP) is 5.13. The van der Waals surface area contributed by atoms with Gasteiger partial charge in [0.25, 0.3) is 5.56 Å². The molecule has 4 aromatic rings. The molecule has 0 aliphatic rings. The van der Waals surface area contributed by atoms with Crippen molar-refractivity contribution in [1.82, 2.24) is 9.97 Å². The summed E-state index contributed by atoms with van der Waals surface area (Å²) in [5, 5.41) is 14.0. The largest absolute Gasteiger partial charge is 0.488 e. The number of H-pyrrole nitrogens is 1. The van der Waals surface area contributed by atoms with Crippen molar-refractivity contribution in [1.29, 1.82) is 5.26 Å². The molecule has 0 atom stereocenters. The lowest BCUT2D eigenvalue weighted by molar-refractivity contribution is 0.304. The van der Waals surface area contributed by atoms with Crippen molar-refractivity contribution < 1.29 is 9.13 Å². The fourth-order valence-electron chi connectivity index (χ4n) is 3.11. The molecule has 1 heterocycles. The Labute approximate surface area is 199 Å². The molecule has 1 aromatic heterocycles. The smallest absolute Gasteiger partial charge is 0.270 e. The maximum Gasteiger partial charge on any atom is 0.270 e. The van der Waals surface area contributed by atoms with Crippen LogP contribution in [0, 0.1) is 17.1 Å². The standard InChI is InChI=1S/C25H17ClFN5O2/c26-21-9-5-4-8-18(21)15-34-22-12-19(27)11-10-17(22)14-29-32-25-30-23(16-6-2-1-3-7-16)20(13-28)24(33)31-25/h1-12,14H,15H2,(H2,30,31,32,33). The zero-order chi connectivity index (χ0) is 23.9. The van der Waals surface area contributed by atoms with Gasteiger partial charge in [-0.3, -0.25) is 9.78 Å². The van der Waals surface area contributed by atoms with Crippen LogP contribution in [0.1, 0.15) is 16.7 Å². The van der Waals surface area contributed by atoms with E-state index in [0.29, 0.717) is 16.1 Å². The van der Waals surface area contributed by atoms with Gasteiger partial charge in [0.15, 0.2) is 0 Å². The van der Waals surface area contributed by atoms with Crippen molar-refractivity contribution in [3.05, 3.63) is 111 Å². The Morgan fingerprint density at radius 1 is 1.15 bits per heavy atom. The highest BCUT2D eigenvalue weighted by Gasteiger charge is 2.13. The van der Waals surface area contributed by atoms with Gasteiger partial charge in [0.05, 0.1) is 11.9 Å². The first-order valence-electron chi connectivity index (χ1n) is 10.1. The van der Waals surface area contributed by atoms with Crippen LogP contribution in [0.4, 0.5) is 10.3 Å². The van der Waals surface area contributed by atoms with Crippen LogP contribution in [0.5, 0.6) is 5.75 Å². The van der Waals surface area contributed by atoms with Gasteiger partial charge in [-0.15, -0.1) is 0 Å². The van der Waals surface area contributed by atoms with Crippen molar-refractivity contribution in [3.63, 3.8) is 0 Å². The van der Waals surface area contributed by atoms with E-state index >= 15 is 0 Å². The molecule has 168 valence electrons. The number of anilines is 1. The molecule has 9 heteroatoms. The number of benzene rings is 3. The zero-order valence-electron chi connectivity index (χ0n) is 17.6. The van der Waals surface area contributed by atoms with Gasteiger partial charge in [-0.1, -0.05) is 60.1 Å². The number of ether oxygens (including phenoxy) is 1. The van der Waals surface area contributed by atoms with Gasteiger partial charge in [0, 0.05) is 27.8 Å². The fourth-order valence-corrected chi connectivity index (χ4v) is 3.30. The summed E-state index contributed by atoms with van der Waals surface area (Å²) in [5.74, 6) is -0.165. The Bertz CT molecular complexity index is 1450. The minimum Gasteiger partial charge on any atom is -0.488 e. The second kappa shape index (κ2) is 10.4. The minimum atomic E-state index is -0.598. The second-order valence-electron chi connectivity index (χ2n) is 7.05. The number of hydrogen-bond acceptors (Lipinski definition) is 6. The average Bonchev–Trinajstić information content (AvgIpc) is 2.85. The Morgan fingerprint density at radius 3 is 2.68 bits per heavy atom. The van der Waals surface area contributed by atoms with E-state index < -0.39 is 11.4 Å². The SMILES string of the molecule is N#Cc1c(-c2ccccc2)nc(NN=Cc2ccc(F)cc2OCc2ccccc2Cl)[nH]c1=O. The van der Waals surface area contributed by atoms with E-state index in [-0.39, 0.29) is 29.6 Å². The lowest BCUT2D eigenvalue weighted by Gasteiger charge is -2.10. The number of aromatic nitrogens is 2. The van der Waals surface area contributed by atoms with E-state index in [1.54, 1.807) is 30.3 Å². The molecule has 0 aliphatic carbocycles. The number of hydrogen-bond donors (Lipinski definition) is 2. The molecule has 0 spiro atoms. The highest BCUT2D eigenvalue weighted by atomic mass is 35.5. The molecular formula is C25H17ClFN5O2. The number of rotatable bonds is 7. The van der Waals surface area contributed by atoms with Gasteiger partial charge in [-0.2, -0.15) is 10.4 Å².